The van der Waals surface area contributed by atoms with E-state index in [9.17, 15) is 14.4 Å². The number of thiophene rings is 1. The van der Waals surface area contributed by atoms with E-state index in [4.69, 9.17) is 4.52 Å². The zero-order chi connectivity index (χ0) is 21.3. The fourth-order valence-electron chi connectivity index (χ4n) is 3.65. The Morgan fingerprint density at radius 1 is 1.33 bits per heavy atom. The van der Waals surface area contributed by atoms with Gasteiger partial charge in [0, 0.05) is 30.8 Å². The van der Waals surface area contributed by atoms with Gasteiger partial charge in [0.2, 0.25) is 11.8 Å². The Morgan fingerprint density at radius 2 is 2.13 bits per heavy atom. The lowest BCUT2D eigenvalue weighted by Gasteiger charge is -2.16. The smallest absolute Gasteiger partial charge is 0.259 e. The second-order valence-corrected chi connectivity index (χ2v) is 8.61. The highest BCUT2D eigenvalue weighted by Gasteiger charge is 2.20. The Bertz CT molecular complexity index is 1160. The van der Waals surface area contributed by atoms with Gasteiger partial charge < -0.3 is 19.7 Å². The number of rotatable bonds is 6. The number of fused-ring (bicyclic) bond motifs is 3. The summed E-state index contributed by atoms with van der Waals surface area (Å²) in [6.45, 7) is 1.62. The van der Waals surface area contributed by atoms with Crippen LogP contribution in [0.4, 0.5) is 5.82 Å². The van der Waals surface area contributed by atoms with Crippen LogP contribution in [-0.2, 0) is 28.9 Å². The van der Waals surface area contributed by atoms with Crippen molar-refractivity contribution in [2.24, 2.45) is 0 Å². The molecule has 2 amide bonds. The van der Waals surface area contributed by atoms with Gasteiger partial charge in [-0.3, -0.25) is 14.4 Å². The Kier molecular flexibility index (Phi) is 5.67. The highest BCUT2D eigenvalue weighted by Crippen LogP contribution is 2.33. The van der Waals surface area contributed by atoms with Crippen molar-refractivity contribution in [2.45, 2.75) is 45.4 Å². The molecule has 0 saturated heterocycles. The Morgan fingerprint density at radius 3 is 2.90 bits per heavy atom. The first-order valence-corrected chi connectivity index (χ1v) is 10.7. The normalized spacial score (nSPS) is 13.3. The molecule has 0 fully saturated rings. The van der Waals surface area contributed by atoms with Crippen LogP contribution in [0.25, 0.3) is 10.2 Å². The number of aromatic amines is 1. The van der Waals surface area contributed by atoms with Crippen molar-refractivity contribution in [3.05, 3.63) is 38.4 Å². The summed E-state index contributed by atoms with van der Waals surface area (Å²) in [5.41, 5.74) is 1.02. The van der Waals surface area contributed by atoms with E-state index >= 15 is 0 Å². The highest BCUT2D eigenvalue weighted by atomic mass is 32.1. The van der Waals surface area contributed by atoms with Crippen LogP contribution in [0.3, 0.4) is 0 Å². The molecule has 0 aliphatic heterocycles. The van der Waals surface area contributed by atoms with Crippen molar-refractivity contribution in [3.63, 3.8) is 0 Å². The summed E-state index contributed by atoms with van der Waals surface area (Å²) >= 11 is 1.59. The molecule has 4 rings (SSSR count). The first-order chi connectivity index (χ1) is 14.4. The summed E-state index contributed by atoms with van der Waals surface area (Å²) in [6, 6.07) is 1.60. The second kappa shape index (κ2) is 8.39. The third kappa shape index (κ3) is 4.28. The summed E-state index contributed by atoms with van der Waals surface area (Å²) in [5, 5.41) is 6.98. The van der Waals surface area contributed by atoms with E-state index in [1.165, 1.54) is 9.78 Å². The number of nitrogens with zero attached hydrogens (tertiary/aromatic N) is 3. The predicted octanol–water partition coefficient (Wildman–Crippen LogP) is 2.19. The molecule has 0 unspecified atom stereocenters. The number of hydrogen-bond donors (Lipinski definition) is 2. The first-order valence-electron chi connectivity index (χ1n) is 9.91. The third-order valence-electron chi connectivity index (χ3n) is 5.15. The molecule has 9 nitrogen and oxygen atoms in total. The van der Waals surface area contributed by atoms with E-state index in [1.807, 2.05) is 0 Å². The van der Waals surface area contributed by atoms with Crippen LogP contribution in [0.1, 0.15) is 41.3 Å². The summed E-state index contributed by atoms with van der Waals surface area (Å²) in [6.07, 6.45) is 4.64. The van der Waals surface area contributed by atoms with Gasteiger partial charge in [0.1, 0.15) is 16.4 Å². The van der Waals surface area contributed by atoms with Crippen molar-refractivity contribution in [2.75, 3.05) is 18.9 Å². The summed E-state index contributed by atoms with van der Waals surface area (Å²) < 4.78 is 4.89. The molecular weight excluding hydrogens is 406 g/mol. The minimum absolute atomic E-state index is 0.106. The lowest BCUT2D eigenvalue weighted by atomic mass is 9.97. The summed E-state index contributed by atoms with van der Waals surface area (Å²) in [4.78, 5) is 47.8. The fourth-order valence-corrected chi connectivity index (χ4v) is 4.94. The second-order valence-electron chi connectivity index (χ2n) is 7.52. The van der Waals surface area contributed by atoms with Crippen LogP contribution in [-0.4, -0.2) is 45.4 Å². The molecule has 2 N–H and O–H groups in total. The zero-order valence-corrected chi connectivity index (χ0v) is 17.7. The molecule has 3 heterocycles. The van der Waals surface area contributed by atoms with Crippen LogP contribution >= 0.6 is 11.3 Å². The molecule has 0 saturated carbocycles. The molecule has 10 heteroatoms. The van der Waals surface area contributed by atoms with Crippen molar-refractivity contribution in [3.8, 4) is 0 Å². The molecule has 0 bridgehead atoms. The number of carbonyl (C=O) groups excluding carboxylic acids is 2. The van der Waals surface area contributed by atoms with Crippen molar-refractivity contribution >= 4 is 39.2 Å². The summed E-state index contributed by atoms with van der Waals surface area (Å²) in [5.74, 6) is 0.813. The Labute approximate surface area is 176 Å². The van der Waals surface area contributed by atoms with Gasteiger partial charge >= 0.3 is 0 Å². The Hall–Kier alpha value is -3.01. The summed E-state index contributed by atoms with van der Waals surface area (Å²) in [7, 11) is 1.56. The number of H-pyrrole nitrogens is 1. The monoisotopic (exact) mass is 429 g/mol. The van der Waals surface area contributed by atoms with E-state index in [1.54, 1.807) is 31.4 Å². The number of aryl methyl sites for hydroxylation is 4. The largest absolute Gasteiger partial charge is 0.360 e. The van der Waals surface area contributed by atoms with Crippen molar-refractivity contribution in [1.29, 1.82) is 0 Å². The van der Waals surface area contributed by atoms with Gasteiger partial charge in [0.15, 0.2) is 5.82 Å². The first kappa shape index (κ1) is 20.3. The van der Waals surface area contributed by atoms with Gasteiger partial charge in [-0.1, -0.05) is 5.16 Å². The lowest BCUT2D eigenvalue weighted by Crippen LogP contribution is -2.35. The number of aromatic nitrogens is 3. The number of likely N-dealkylation sites (N-methyl/N-ethyl adjacent to an activating group) is 1. The third-order valence-corrected chi connectivity index (χ3v) is 6.34. The maximum atomic E-state index is 12.6. The van der Waals surface area contributed by atoms with Gasteiger partial charge in [0.05, 0.1) is 11.9 Å². The standard InChI is InChI=1S/C20H23N5O4S/c1-11-9-15(24-29-11)21-16(26)10-25(2)17(27)8-7-14-22-19(28)18-12-5-3-4-6-13(12)30-20(18)23-14/h9H,3-8,10H2,1-2H3,(H,21,24,26)(H,22,23,28). The van der Waals surface area contributed by atoms with Gasteiger partial charge in [-0.2, -0.15) is 0 Å². The average Bonchev–Trinajstić information content (AvgIpc) is 3.28. The molecule has 0 aromatic carbocycles. The van der Waals surface area contributed by atoms with Gasteiger partial charge in [-0.15, -0.1) is 11.3 Å². The van der Waals surface area contributed by atoms with Gasteiger partial charge in [-0.25, -0.2) is 4.98 Å². The van der Waals surface area contributed by atoms with Crippen LogP contribution in [0.2, 0.25) is 0 Å². The van der Waals surface area contributed by atoms with Crippen molar-refractivity contribution in [1.82, 2.24) is 20.0 Å². The SMILES string of the molecule is Cc1cc(NC(=O)CN(C)C(=O)CCc2nc3sc4c(c3c(=O)[nH]2)CCCC4)no1. The van der Waals surface area contributed by atoms with Gasteiger partial charge in [0.25, 0.3) is 5.56 Å². The number of carbonyl (C=O) groups is 2. The van der Waals surface area contributed by atoms with E-state index in [0.29, 0.717) is 29.2 Å². The van der Waals surface area contributed by atoms with Crippen LogP contribution in [0, 0.1) is 6.92 Å². The van der Waals surface area contributed by atoms with E-state index in [2.05, 4.69) is 20.4 Å². The molecule has 0 spiro atoms. The topological polar surface area (TPSA) is 121 Å². The highest BCUT2D eigenvalue weighted by molar-refractivity contribution is 7.18. The molecule has 30 heavy (non-hydrogen) atoms. The van der Waals surface area contributed by atoms with Crippen LogP contribution in [0.15, 0.2) is 15.4 Å². The van der Waals surface area contributed by atoms with E-state index in [0.717, 1.165) is 36.1 Å². The van der Waals surface area contributed by atoms with E-state index < -0.39 is 0 Å². The fraction of sp³-hybridized carbons (Fsp3) is 0.450. The number of hydrogen-bond acceptors (Lipinski definition) is 7. The maximum Gasteiger partial charge on any atom is 0.259 e. The molecule has 1 aliphatic rings. The molecule has 1 aliphatic carbocycles. The Balaban J connectivity index is 1.36. The predicted molar refractivity (Wildman–Crippen MR) is 113 cm³/mol. The number of amides is 2. The number of anilines is 1. The minimum Gasteiger partial charge on any atom is -0.360 e. The van der Waals surface area contributed by atoms with Crippen LogP contribution < -0.4 is 10.9 Å². The lowest BCUT2D eigenvalue weighted by molar-refractivity contribution is -0.133. The molecular formula is C20H23N5O4S. The molecule has 0 radical (unpaired) electrons. The van der Waals surface area contributed by atoms with Gasteiger partial charge in [-0.05, 0) is 38.2 Å². The average molecular weight is 430 g/mol. The molecule has 3 aromatic heterocycles. The minimum atomic E-state index is -0.365. The zero-order valence-electron chi connectivity index (χ0n) is 16.9. The molecule has 158 valence electrons. The molecule has 0 atom stereocenters. The molecule has 3 aromatic rings. The van der Waals surface area contributed by atoms with E-state index in [-0.39, 0.29) is 30.3 Å². The van der Waals surface area contributed by atoms with Crippen LogP contribution in [0.5, 0.6) is 0 Å². The number of nitrogens with one attached hydrogen (secondary N) is 2. The maximum absolute atomic E-state index is 12.6. The van der Waals surface area contributed by atoms with Crippen molar-refractivity contribution < 1.29 is 14.1 Å². The quantitative estimate of drug-likeness (QED) is 0.620.